The van der Waals surface area contributed by atoms with Crippen molar-refractivity contribution in [1.82, 2.24) is 20.2 Å². The van der Waals surface area contributed by atoms with Gasteiger partial charge in [0.1, 0.15) is 11.6 Å². The predicted octanol–water partition coefficient (Wildman–Crippen LogP) is 0.628. The number of nitrogens with one attached hydrogen (secondary N) is 2. The van der Waals surface area contributed by atoms with Crippen molar-refractivity contribution in [2.45, 2.75) is 32.6 Å². The van der Waals surface area contributed by atoms with E-state index in [9.17, 15) is 9.59 Å². The number of nitrogens with zero attached hydrogens (tertiary/aromatic N) is 3. The van der Waals surface area contributed by atoms with E-state index in [0.29, 0.717) is 13.1 Å². The maximum Gasteiger partial charge on any atom is 0.324 e. The van der Waals surface area contributed by atoms with E-state index < -0.39 is 0 Å². The summed E-state index contributed by atoms with van der Waals surface area (Å²) in [5.74, 6) is 1.43. The molecule has 2 heterocycles. The van der Waals surface area contributed by atoms with Gasteiger partial charge in [-0.25, -0.2) is 14.8 Å². The first-order valence-corrected chi connectivity index (χ1v) is 7.33. The van der Waals surface area contributed by atoms with Crippen LogP contribution in [0.25, 0.3) is 0 Å². The fraction of sp³-hybridized carbons (Fsp3) is 0.571. The molecule has 0 unspecified atom stereocenters. The molecular weight excluding hydrogens is 270 g/mol. The van der Waals surface area contributed by atoms with Gasteiger partial charge in [-0.1, -0.05) is 0 Å². The highest BCUT2D eigenvalue weighted by molar-refractivity contribution is 6.01. The van der Waals surface area contributed by atoms with Crippen LogP contribution in [0.3, 0.4) is 0 Å². The van der Waals surface area contributed by atoms with Gasteiger partial charge >= 0.3 is 6.03 Å². The van der Waals surface area contributed by atoms with E-state index in [0.717, 1.165) is 36.6 Å². The van der Waals surface area contributed by atoms with Gasteiger partial charge in [-0.15, -0.1) is 0 Å². The summed E-state index contributed by atoms with van der Waals surface area (Å²) in [7, 11) is 0. The third-order valence-corrected chi connectivity index (χ3v) is 3.86. The molecule has 3 rings (SSSR count). The molecule has 0 radical (unpaired) electrons. The first kappa shape index (κ1) is 13.8. The SMILES string of the molecule is Cc1nc2c(c(NCCN3C(=O)CNC3=O)n1)CCCC2. The van der Waals surface area contributed by atoms with Crippen molar-refractivity contribution < 1.29 is 9.59 Å². The number of anilines is 1. The van der Waals surface area contributed by atoms with Crippen LogP contribution in [0, 0.1) is 6.92 Å². The number of hydrogen-bond acceptors (Lipinski definition) is 5. The lowest BCUT2D eigenvalue weighted by molar-refractivity contribution is -0.124. The molecule has 2 N–H and O–H groups in total. The van der Waals surface area contributed by atoms with Crippen molar-refractivity contribution in [3.8, 4) is 0 Å². The molecule has 1 aromatic heterocycles. The van der Waals surface area contributed by atoms with Crippen molar-refractivity contribution >= 4 is 17.8 Å². The topological polar surface area (TPSA) is 87.2 Å². The second-order valence-corrected chi connectivity index (χ2v) is 5.38. The molecule has 0 saturated carbocycles. The number of carbonyl (C=O) groups excluding carboxylic acids is 2. The van der Waals surface area contributed by atoms with Gasteiger partial charge in [0.2, 0.25) is 5.91 Å². The van der Waals surface area contributed by atoms with E-state index in [2.05, 4.69) is 20.6 Å². The van der Waals surface area contributed by atoms with Crippen LogP contribution in [0.1, 0.15) is 29.9 Å². The van der Waals surface area contributed by atoms with Gasteiger partial charge in [-0.2, -0.15) is 0 Å². The van der Waals surface area contributed by atoms with E-state index >= 15 is 0 Å². The Morgan fingerprint density at radius 3 is 2.81 bits per heavy atom. The summed E-state index contributed by atoms with van der Waals surface area (Å²) in [6.07, 6.45) is 4.31. The first-order valence-electron chi connectivity index (χ1n) is 7.33. The third kappa shape index (κ3) is 2.81. The van der Waals surface area contributed by atoms with Crippen molar-refractivity contribution in [2.24, 2.45) is 0 Å². The molecule has 2 aliphatic rings. The quantitative estimate of drug-likeness (QED) is 0.794. The molecule has 21 heavy (non-hydrogen) atoms. The zero-order valence-electron chi connectivity index (χ0n) is 12.1. The Labute approximate surface area is 123 Å². The minimum Gasteiger partial charge on any atom is -0.368 e. The van der Waals surface area contributed by atoms with Gasteiger partial charge in [-0.05, 0) is 32.6 Å². The van der Waals surface area contributed by atoms with Crippen LogP contribution in [0.5, 0.6) is 0 Å². The van der Waals surface area contributed by atoms with Crippen LogP contribution in [-0.2, 0) is 17.6 Å². The van der Waals surface area contributed by atoms with Gasteiger partial charge in [0.25, 0.3) is 0 Å². The molecule has 7 heteroatoms. The van der Waals surface area contributed by atoms with Crippen molar-refractivity contribution in [3.05, 3.63) is 17.1 Å². The Morgan fingerprint density at radius 1 is 1.24 bits per heavy atom. The summed E-state index contributed by atoms with van der Waals surface area (Å²) < 4.78 is 0. The second-order valence-electron chi connectivity index (χ2n) is 5.38. The maximum atomic E-state index is 11.5. The Morgan fingerprint density at radius 2 is 2.05 bits per heavy atom. The van der Waals surface area contributed by atoms with Gasteiger partial charge in [0.15, 0.2) is 0 Å². The molecule has 1 aliphatic carbocycles. The lowest BCUT2D eigenvalue weighted by Crippen LogP contribution is -2.35. The minimum atomic E-state index is -0.317. The Kier molecular flexibility index (Phi) is 3.72. The molecule has 3 amide bonds. The molecule has 0 bridgehead atoms. The number of amides is 3. The molecule has 0 spiro atoms. The molecule has 0 atom stereocenters. The molecule has 112 valence electrons. The number of fused-ring (bicyclic) bond motifs is 1. The zero-order chi connectivity index (χ0) is 14.8. The molecule has 1 fully saturated rings. The molecule has 1 aliphatic heterocycles. The number of hydrogen-bond donors (Lipinski definition) is 2. The van der Waals surface area contributed by atoms with E-state index in [-0.39, 0.29) is 18.5 Å². The lowest BCUT2D eigenvalue weighted by atomic mass is 9.96. The van der Waals surface area contributed by atoms with Gasteiger partial charge < -0.3 is 10.6 Å². The fourth-order valence-electron chi connectivity index (χ4n) is 2.83. The van der Waals surface area contributed by atoms with E-state index in [1.807, 2.05) is 6.92 Å². The summed E-state index contributed by atoms with van der Waals surface area (Å²) in [5, 5.41) is 5.77. The Hall–Kier alpha value is -2.18. The predicted molar refractivity (Wildman–Crippen MR) is 77.0 cm³/mol. The average Bonchev–Trinajstić information content (AvgIpc) is 2.78. The standard InChI is InChI=1S/C14H19N5O2/c1-9-17-11-5-3-2-4-10(11)13(18-9)15-6-7-19-12(20)8-16-14(19)21/h2-8H2,1H3,(H,16,21)(H,15,17,18). The van der Waals surface area contributed by atoms with Gasteiger partial charge in [0, 0.05) is 24.3 Å². The second kappa shape index (κ2) is 5.67. The molecule has 7 nitrogen and oxygen atoms in total. The monoisotopic (exact) mass is 289 g/mol. The molecular formula is C14H19N5O2. The zero-order valence-corrected chi connectivity index (χ0v) is 12.1. The van der Waals surface area contributed by atoms with Crippen molar-refractivity contribution in [2.75, 3.05) is 25.0 Å². The summed E-state index contributed by atoms with van der Waals surface area (Å²) in [5.41, 5.74) is 2.32. The highest BCUT2D eigenvalue weighted by atomic mass is 16.2. The Bertz CT molecular complexity index is 571. The van der Waals surface area contributed by atoms with E-state index in [4.69, 9.17) is 0 Å². The number of imide groups is 1. The van der Waals surface area contributed by atoms with Gasteiger partial charge in [-0.3, -0.25) is 9.69 Å². The highest BCUT2D eigenvalue weighted by Crippen LogP contribution is 2.25. The van der Waals surface area contributed by atoms with Crippen LogP contribution < -0.4 is 10.6 Å². The summed E-state index contributed by atoms with van der Waals surface area (Å²) in [6, 6.07) is -0.317. The smallest absolute Gasteiger partial charge is 0.324 e. The van der Waals surface area contributed by atoms with Crippen LogP contribution in [0.2, 0.25) is 0 Å². The maximum absolute atomic E-state index is 11.5. The van der Waals surface area contributed by atoms with Crippen LogP contribution in [0.15, 0.2) is 0 Å². The average molecular weight is 289 g/mol. The van der Waals surface area contributed by atoms with Crippen molar-refractivity contribution in [1.29, 1.82) is 0 Å². The van der Waals surface area contributed by atoms with Crippen LogP contribution in [-0.4, -0.2) is 46.4 Å². The molecule has 1 saturated heterocycles. The normalized spacial score (nSPS) is 17.7. The first-order chi connectivity index (χ1) is 10.1. The number of carbonyl (C=O) groups is 2. The lowest BCUT2D eigenvalue weighted by Gasteiger charge is -2.20. The highest BCUT2D eigenvalue weighted by Gasteiger charge is 2.27. The molecule has 0 aromatic carbocycles. The van der Waals surface area contributed by atoms with Crippen LogP contribution >= 0.6 is 0 Å². The Balaban J connectivity index is 1.66. The number of aryl methyl sites for hydroxylation is 2. The van der Waals surface area contributed by atoms with Crippen molar-refractivity contribution in [3.63, 3.8) is 0 Å². The minimum absolute atomic E-state index is 0.0981. The summed E-state index contributed by atoms with van der Waals surface area (Å²) >= 11 is 0. The van der Waals surface area contributed by atoms with E-state index in [1.54, 1.807) is 0 Å². The third-order valence-electron chi connectivity index (χ3n) is 3.86. The number of aromatic nitrogens is 2. The molecule has 1 aromatic rings. The van der Waals surface area contributed by atoms with Crippen LogP contribution in [0.4, 0.5) is 10.6 Å². The summed E-state index contributed by atoms with van der Waals surface area (Å²) in [4.78, 5) is 33.2. The number of urea groups is 1. The van der Waals surface area contributed by atoms with Gasteiger partial charge in [0.05, 0.1) is 6.54 Å². The summed E-state index contributed by atoms with van der Waals surface area (Å²) in [6.45, 7) is 2.84. The fourth-order valence-corrected chi connectivity index (χ4v) is 2.83. The largest absolute Gasteiger partial charge is 0.368 e. The number of rotatable bonds is 4. The van der Waals surface area contributed by atoms with E-state index in [1.165, 1.54) is 16.9 Å².